The van der Waals surface area contributed by atoms with Crippen molar-refractivity contribution in [2.24, 2.45) is 12.5 Å². The van der Waals surface area contributed by atoms with E-state index in [9.17, 15) is 21.6 Å². The van der Waals surface area contributed by atoms with Crippen molar-refractivity contribution in [2.45, 2.75) is 48.3 Å². The van der Waals surface area contributed by atoms with Crippen molar-refractivity contribution in [1.29, 1.82) is 0 Å². The maximum absolute atomic E-state index is 15.1. The molecule has 11 heteroatoms. The largest absolute Gasteiger partial charge is 0.416 e. The van der Waals surface area contributed by atoms with Gasteiger partial charge >= 0.3 is 6.18 Å². The third kappa shape index (κ3) is 3.98. The van der Waals surface area contributed by atoms with Crippen molar-refractivity contribution >= 4 is 10.0 Å². The van der Waals surface area contributed by atoms with Gasteiger partial charge in [-0.05, 0) is 66.6 Å². The molecular formula is C26H26F4N4O2S. The average Bonchev–Trinajstić information content (AvgIpc) is 3.58. The highest BCUT2D eigenvalue weighted by Gasteiger charge is 2.84. The number of hydrogen-bond acceptors (Lipinski definition) is 4. The number of likely N-dealkylation sites (N-methyl/N-ethyl adjacent to an activating group) is 1. The van der Waals surface area contributed by atoms with Crippen LogP contribution in [0.2, 0.25) is 0 Å². The van der Waals surface area contributed by atoms with E-state index in [4.69, 9.17) is 0 Å². The Kier molecular flexibility index (Phi) is 5.39. The predicted molar refractivity (Wildman–Crippen MR) is 128 cm³/mol. The first kappa shape index (κ1) is 24.6. The van der Waals surface area contributed by atoms with Crippen molar-refractivity contribution in [3.8, 4) is 0 Å². The molecule has 3 unspecified atom stereocenters. The van der Waals surface area contributed by atoms with Crippen LogP contribution in [0, 0.1) is 11.2 Å². The second kappa shape index (κ2) is 8.12. The highest BCUT2D eigenvalue weighted by Crippen LogP contribution is 2.76. The number of aromatic nitrogens is 2. The molecule has 6 rings (SSSR count). The number of fused-ring (bicyclic) bond motifs is 4. The minimum absolute atomic E-state index is 0.00432. The molecule has 0 radical (unpaired) electrons. The van der Waals surface area contributed by atoms with E-state index >= 15 is 4.39 Å². The lowest BCUT2D eigenvalue weighted by Gasteiger charge is -2.29. The highest BCUT2D eigenvalue weighted by molar-refractivity contribution is 7.89. The van der Waals surface area contributed by atoms with Crippen LogP contribution in [0.4, 0.5) is 17.6 Å². The van der Waals surface area contributed by atoms with Gasteiger partial charge in [-0.1, -0.05) is 24.3 Å². The lowest BCUT2D eigenvalue weighted by atomic mass is 9.80. The van der Waals surface area contributed by atoms with Gasteiger partial charge in [0, 0.05) is 37.3 Å². The van der Waals surface area contributed by atoms with Gasteiger partial charge in [-0.2, -0.15) is 18.3 Å². The maximum Gasteiger partial charge on any atom is 0.416 e. The zero-order valence-electron chi connectivity index (χ0n) is 20.3. The number of sulfonamides is 1. The van der Waals surface area contributed by atoms with Crippen LogP contribution in [0.1, 0.15) is 33.7 Å². The minimum Gasteiger partial charge on any atom is -0.296 e. The van der Waals surface area contributed by atoms with E-state index < -0.39 is 27.6 Å². The van der Waals surface area contributed by atoms with Crippen molar-refractivity contribution < 1.29 is 26.0 Å². The molecule has 2 aliphatic carbocycles. The van der Waals surface area contributed by atoms with Crippen LogP contribution in [0.15, 0.2) is 53.7 Å². The summed E-state index contributed by atoms with van der Waals surface area (Å²) in [4.78, 5) is 2.28. The van der Waals surface area contributed by atoms with Gasteiger partial charge < -0.3 is 0 Å². The fraction of sp³-hybridized carbons (Fsp3) is 0.423. The van der Waals surface area contributed by atoms with Crippen molar-refractivity contribution in [2.75, 3.05) is 13.6 Å². The Hall–Kier alpha value is -2.76. The summed E-state index contributed by atoms with van der Waals surface area (Å²) >= 11 is 0. The smallest absolute Gasteiger partial charge is 0.296 e. The number of alkyl halides is 3. The Bertz CT molecular complexity index is 1490. The van der Waals surface area contributed by atoms with Crippen LogP contribution >= 0.6 is 0 Å². The summed E-state index contributed by atoms with van der Waals surface area (Å²) in [5.41, 5.74) is 2.12. The molecule has 3 aromatic rings. The standard InChI is InChI=1S/C26H26F4N4O2S/c1-33-14-19(13-31-33)37(35,36)32-7-6-16-10-20-17(11-22(16)27)12-25(23-24(25)34(23)2)21(20)9-15-4-3-5-18(8-15)26(28,29)30/h3-5,8,10-11,13-14,21,23-24,32H,6-7,9,12H2,1-2H3. The molecule has 1 aliphatic heterocycles. The van der Waals surface area contributed by atoms with Gasteiger partial charge in [0.1, 0.15) is 10.7 Å². The number of nitrogens with zero attached hydrogens (tertiary/aromatic N) is 3. The normalized spacial score (nSPS) is 27.8. The third-order valence-electron chi connectivity index (χ3n) is 8.28. The molecule has 0 amide bonds. The number of nitrogens with one attached hydrogen (secondary N) is 1. The molecule has 2 heterocycles. The Morgan fingerprint density at radius 3 is 2.57 bits per heavy atom. The van der Waals surface area contributed by atoms with Crippen molar-refractivity contribution in [3.63, 3.8) is 0 Å². The van der Waals surface area contributed by atoms with Crippen LogP contribution < -0.4 is 4.72 Å². The van der Waals surface area contributed by atoms with Crippen molar-refractivity contribution in [3.05, 3.63) is 82.4 Å². The van der Waals surface area contributed by atoms with E-state index in [1.54, 1.807) is 19.2 Å². The Balaban J connectivity index is 1.25. The molecule has 1 saturated carbocycles. The lowest BCUT2D eigenvalue weighted by molar-refractivity contribution is -0.137. The second-order valence-electron chi connectivity index (χ2n) is 10.4. The summed E-state index contributed by atoms with van der Waals surface area (Å²) in [5.74, 6) is -0.416. The van der Waals surface area contributed by atoms with Crippen LogP contribution in [-0.4, -0.2) is 48.8 Å². The number of rotatable bonds is 7. The van der Waals surface area contributed by atoms with Gasteiger partial charge in [0.25, 0.3) is 0 Å². The molecule has 1 saturated heterocycles. The predicted octanol–water partition coefficient (Wildman–Crippen LogP) is 3.66. The summed E-state index contributed by atoms with van der Waals surface area (Å²) in [6, 6.07) is 9.51. The highest BCUT2D eigenvalue weighted by atomic mass is 32.2. The number of benzene rings is 2. The zero-order valence-corrected chi connectivity index (χ0v) is 21.1. The van der Waals surface area contributed by atoms with E-state index in [2.05, 4.69) is 14.7 Å². The van der Waals surface area contributed by atoms with Crippen LogP contribution in [0.3, 0.4) is 0 Å². The maximum atomic E-state index is 15.1. The minimum atomic E-state index is -4.41. The van der Waals surface area contributed by atoms with E-state index in [1.165, 1.54) is 35.3 Å². The monoisotopic (exact) mass is 534 g/mol. The van der Waals surface area contributed by atoms with Gasteiger partial charge in [0.15, 0.2) is 0 Å². The molecule has 1 N–H and O–H groups in total. The molecule has 1 aromatic heterocycles. The molecular weight excluding hydrogens is 508 g/mol. The third-order valence-corrected chi connectivity index (χ3v) is 9.70. The molecule has 196 valence electrons. The number of likely N-dealkylation sites (tertiary alicyclic amines) is 1. The number of halogens is 4. The molecule has 3 atom stereocenters. The van der Waals surface area contributed by atoms with Gasteiger partial charge in [0.2, 0.25) is 10.0 Å². The average molecular weight is 535 g/mol. The summed E-state index contributed by atoms with van der Waals surface area (Å²) in [7, 11) is -0.124. The topological polar surface area (TPSA) is 67.0 Å². The van der Waals surface area contributed by atoms with Crippen LogP contribution in [0.5, 0.6) is 0 Å². The van der Waals surface area contributed by atoms with E-state index in [1.807, 2.05) is 7.05 Å². The molecule has 37 heavy (non-hydrogen) atoms. The van der Waals surface area contributed by atoms with Crippen LogP contribution in [-0.2, 0) is 42.5 Å². The Labute approximate surface area is 212 Å². The molecule has 2 fully saturated rings. The van der Waals surface area contributed by atoms with Gasteiger partial charge in [-0.3, -0.25) is 9.58 Å². The summed E-state index contributed by atoms with van der Waals surface area (Å²) in [6.07, 6.45) is -0.494. The molecule has 2 aromatic carbocycles. The van der Waals surface area contributed by atoms with E-state index in [0.29, 0.717) is 36.1 Å². The lowest BCUT2D eigenvalue weighted by Crippen LogP contribution is -2.31. The SMILES string of the molecule is CN1C2C1C21Cc2cc(F)c(CCNS(=O)(=O)c3cnn(C)c3)cc2C1Cc1cccc(C(F)(F)F)c1. The summed E-state index contributed by atoms with van der Waals surface area (Å²) < 4.78 is 83.8. The first-order valence-corrected chi connectivity index (χ1v) is 13.6. The summed E-state index contributed by atoms with van der Waals surface area (Å²) in [5, 5.41) is 3.87. The first-order valence-electron chi connectivity index (χ1n) is 12.1. The number of hydrogen-bond donors (Lipinski definition) is 1. The van der Waals surface area contributed by atoms with Gasteiger partial charge in [-0.25, -0.2) is 17.5 Å². The zero-order chi connectivity index (χ0) is 26.3. The van der Waals surface area contributed by atoms with E-state index in [0.717, 1.165) is 17.2 Å². The summed E-state index contributed by atoms with van der Waals surface area (Å²) in [6.45, 7) is 0.00432. The Morgan fingerprint density at radius 2 is 1.92 bits per heavy atom. The quantitative estimate of drug-likeness (QED) is 0.371. The molecule has 0 bridgehead atoms. The molecule has 6 nitrogen and oxygen atoms in total. The second-order valence-corrected chi connectivity index (χ2v) is 12.2. The van der Waals surface area contributed by atoms with Crippen LogP contribution in [0.25, 0.3) is 0 Å². The number of aryl methyl sites for hydroxylation is 1. The fourth-order valence-corrected chi connectivity index (χ4v) is 7.51. The first-order chi connectivity index (χ1) is 17.4. The van der Waals surface area contributed by atoms with Gasteiger partial charge in [-0.15, -0.1) is 0 Å². The van der Waals surface area contributed by atoms with E-state index in [-0.39, 0.29) is 29.2 Å². The fourth-order valence-electron chi connectivity index (χ4n) is 6.50. The molecule has 3 aliphatic rings. The van der Waals surface area contributed by atoms with Gasteiger partial charge in [0.05, 0.1) is 11.8 Å². The Morgan fingerprint density at radius 1 is 1.16 bits per heavy atom. The molecule has 1 spiro atoms. The van der Waals surface area contributed by atoms with Crippen molar-refractivity contribution in [1.82, 2.24) is 19.4 Å².